The third-order valence-electron chi connectivity index (χ3n) is 4.98. The molecule has 4 heteroatoms. The van der Waals surface area contributed by atoms with Crippen molar-refractivity contribution in [2.24, 2.45) is 0 Å². The van der Waals surface area contributed by atoms with Gasteiger partial charge in [0.15, 0.2) is 0 Å². The minimum Gasteiger partial charge on any atom is -0.377 e. The van der Waals surface area contributed by atoms with Crippen LogP contribution in [0.2, 0.25) is 0 Å². The van der Waals surface area contributed by atoms with Crippen molar-refractivity contribution < 1.29 is 4.79 Å². The first-order valence-corrected chi connectivity index (χ1v) is 9.41. The molecule has 1 aromatic carbocycles. The fourth-order valence-electron chi connectivity index (χ4n) is 3.35. The van der Waals surface area contributed by atoms with Crippen molar-refractivity contribution >= 4 is 5.91 Å². The summed E-state index contributed by atoms with van der Waals surface area (Å²) in [5, 5.41) is 12.4. The number of nitriles is 1. The summed E-state index contributed by atoms with van der Waals surface area (Å²) in [7, 11) is 0. The van der Waals surface area contributed by atoms with Crippen molar-refractivity contribution in [1.82, 2.24) is 10.2 Å². The zero-order valence-electron chi connectivity index (χ0n) is 15.6. The highest BCUT2D eigenvalue weighted by molar-refractivity contribution is 5.97. The molecule has 0 aliphatic heterocycles. The molecule has 0 saturated carbocycles. The van der Waals surface area contributed by atoms with E-state index in [9.17, 15) is 10.1 Å². The maximum atomic E-state index is 12.5. The van der Waals surface area contributed by atoms with Crippen LogP contribution in [0.5, 0.6) is 0 Å². The molecule has 1 amide bonds. The number of nitrogens with one attached hydrogen (secondary N) is 1. The van der Waals surface area contributed by atoms with Crippen LogP contribution in [0.25, 0.3) is 0 Å². The minimum absolute atomic E-state index is 0.0619. The van der Waals surface area contributed by atoms with Crippen molar-refractivity contribution in [1.29, 1.82) is 5.26 Å². The molecule has 1 aliphatic carbocycles. The van der Waals surface area contributed by atoms with E-state index in [4.69, 9.17) is 0 Å². The van der Waals surface area contributed by atoms with Gasteiger partial charge in [-0.25, -0.2) is 0 Å². The van der Waals surface area contributed by atoms with Gasteiger partial charge in [-0.3, -0.25) is 4.79 Å². The van der Waals surface area contributed by atoms with Gasteiger partial charge in [0, 0.05) is 19.3 Å². The monoisotopic (exact) mass is 339 g/mol. The molecule has 0 bridgehead atoms. The SMILES string of the molecule is CCC(NC(=O)/C(C#N)=C\N(CC)CC)c1ccc2c(c1)CCCC2. The average molecular weight is 339 g/mol. The van der Waals surface area contributed by atoms with E-state index in [0.29, 0.717) is 0 Å². The van der Waals surface area contributed by atoms with Gasteiger partial charge in [-0.05, 0) is 62.6 Å². The third kappa shape index (κ3) is 4.85. The van der Waals surface area contributed by atoms with Crippen LogP contribution < -0.4 is 5.32 Å². The molecular weight excluding hydrogens is 310 g/mol. The molecule has 0 saturated heterocycles. The zero-order chi connectivity index (χ0) is 18.2. The van der Waals surface area contributed by atoms with Crippen LogP contribution in [0, 0.1) is 11.3 Å². The first-order chi connectivity index (χ1) is 12.1. The third-order valence-corrected chi connectivity index (χ3v) is 4.98. The van der Waals surface area contributed by atoms with Crippen molar-refractivity contribution in [2.45, 2.75) is 58.9 Å². The summed E-state index contributed by atoms with van der Waals surface area (Å²) in [6.07, 6.45) is 7.25. The second kappa shape index (κ2) is 9.27. The molecule has 25 heavy (non-hydrogen) atoms. The van der Waals surface area contributed by atoms with Gasteiger partial charge in [0.25, 0.3) is 5.91 Å². The van der Waals surface area contributed by atoms with Crippen LogP contribution in [0.1, 0.15) is 62.8 Å². The van der Waals surface area contributed by atoms with Gasteiger partial charge in [-0.15, -0.1) is 0 Å². The maximum absolute atomic E-state index is 12.5. The van der Waals surface area contributed by atoms with E-state index in [-0.39, 0.29) is 17.5 Å². The predicted octanol–water partition coefficient (Wildman–Crippen LogP) is 3.88. The normalized spacial score (nSPS) is 15.0. The number of nitrogens with zero attached hydrogens (tertiary/aromatic N) is 2. The molecule has 0 fully saturated rings. The van der Waals surface area contributed by atoms with E-state index in [2.05, 4.69) is 30.4 Å². The molecule has 4 nitrogen and oxygen atoms in total. The summed E-state index contributed by atoms with van der Waals surface area (Å²) in [6, 6.07) is 8.54. The Kier molecular flexibility index (Phi) is 7.06. The number of fused-ring (bicyclic) bond motifs is 1. The van der Waals surface area contributed by atoms with E-state index < -0.39 is 0 Å². The van der Waals surface area contributed by atoms with Crippen LogP contribution in [-0.2, 0) is 17.6 Å². The van der Waals surface area contributed by atoms with Crippen molar-refractivity contribution in [3.8, 4) is 6.07 Å². The van der Waals surface area contributed by atoms with Gasteiger partial charge < -0.3 is 10.2 Å². The number of hydrogen-bond acceptors (Lipinski definition) is 3. The topological polar surface area (TPSA) is 56.1 Å². The number of amides is 1. The maximum Gasteiger partial charge on any atom is 0.263 e. The highest BCUT2D eigenvalue weighted by Crippen LogP contribution is 2.26. The Bertz CT molecular complexity index is 668. The fraction of sp³-hybridized carbons (Fsp3) is 0.524. The van der Waals surface area contributed by atoms with E-state index in [1.165, 1.54) is 24.0 Å². The van der Waals surface area contributed by atoms with Crippen LogP contribution >= 0.6 is 0 Å². The van der Waals surface area contributed by atoms with E-state index in [0.717, 1.165) is 37.9 Å². The van der Waals surface area contributed by atoms with Crippen LogP contribution in [0.15, 0.2) is 30.0 Å². The van der Waals surface area contributed by atoms with Crippen LogP contribution in [0.4, 0.5) is 0 Å². The highest BCUT2D eigenvalue weighted by atomic mass is 16.1. The molecule has 0 spiro atoms. The van der Waals surface area contributed by atoms with Gasteiger partial charge in [0.05, 0.1) is 6.04 Å². The number of benzene rings is 1. The second-order valence-electron chi connectivity index (χ2n) is 6.55. The number of carbonyl (C=O) groups is 1. The molecule has 0 aromatic heterocycles. The predicted molar refractivity (Wildman–Crippen MR) is 101 cm³/mol. The van der Waals surface area contributed by atoms with E-state index >= 15 is 0 Å². The molecule has 1 N–H and O–H groups in total. The largest absolute Gasteiger partial charge is 0.377 e. The Morgan fingerprint density at radius 2 is 1.92 bits per heavy atom. The lowest BCUT2D eigenvalue weighted by atomic mass is 9.88. The molecule has 1 aliphatic rings. The highest BCUT2D eigenvalue weighted by Gasteiger charge is 2.18. The van der Waals surface area contributed by atoms with Gasteiger partial charge in [-0.2, -0.15) is 5.26 Å². The molecule has 2 rings (SSSR count). The lowest BCUT2D eigenvalue weighted by Gasteiger charge is -2.22. The number of carbonyl (C=O) groups excluding carboxylic acids is 1. The summed E-state index contributed by atoms with van der Waals surface area (Å²) in [6.45, 7) is 7.63. The Balaban J connectivity index is 2.15. The first-order valence-electron chi connectivity index (χ1n) is 9.41. The Labute approximate surface area is 151 Å². The number of aryl methyl sites for hydroxylation is 2. The van der Waals surface area contributed by atoms with Crippen molar-refractivity contribution in [3.05, 3.63) is 46.7 Å². The van der Waals surface area contributed by atoms with Crippen LogP contribution in [0.3, 0.4) is 0 Å². The number of rotatable bonds is 7. The number of hydrogen-bond donors (Lipinski definition) is 1. The summed E-state index contributed by atoms with van der Waals surface area (Å²) in [4.78, 5) is 14.5. The quantitative estimate of drug-likeness (QED) is 0.606. The molecular formula is C21H29N3O. The average Bonchev–Trinajstić information content (AvgIpc) is 2.66. The minimum atomic E-state index is -0.293. The fourth-order valence-corrected chi connectivity index (χ4v) is 3.35. The van der Waals surface area contributed by atoms with Crippen molar-refractivity contribution in [3.63, 3.8) is 0 Å². The molecule has 0 radical (unpaired) electrons. The van der Waals surface area contributed by atoms with Crippen LogP contribution in [-0.4, -0.2) is 23.9 Å². The van der Waals surface area contributed by atoms with Gasteiger partial charge in [0.1, 0.15) is 11.6 Å². The van der Waals surface area contributed by atoms with Crippen molar-refractivity contribution in [2.75, 3.05) is 13.1 Å². The molecule has 1 unspecified atom stereocenters. The second-order valence-corrected chi connectivity index (χ2v) is 6.55. The Hall–Kier alpha value is -2.28. The summed E-state index contributed by atoms with van der Waals surface area (Å²) in [5.74, 6) is -0.293. The molecule has 1 atom stereocenters. The Morgan fingerprint density at radius 3 is 2.52 bits per heavy atom. The van der Waals surface area contributed by atoms with Gasteiger partial charge >= 0.3 is 0 Å². The van der Waals surface area contributed by atoms with E-state index in [1.807, 2.05) is 24.8 Å². The standard InChI is InChI=1S/C21H29N3O/c1-4-20(18-12-11-16-9-7-8-10-17(16)13-18)23-21(25)19(14-22)15-24(5-2)6-3/h11-13,15,20H,4-10H2,1-3H3,(H,23,25)/b19-15-. The van der Waals surface area contributed by atoms with Gasteiger partial charge in [-0.1, -0.05) is 25.1 Å². The first kappa shape index (κ1) is 19.1. The lowest BCUT2D eigenvalue weighted by molar-refractivity contribution is -0.117. The summed E-state index contributed by atoms with van der Waals surface area (Å²) in [5.41, 5.74) is 4.16. The summed E-state index contributed by atoms with van der Waals surface area (Å²) < 4.78 is 0. The van der Waals surface area contributed by atoms with E-state index in [1.54, 1.807) is 6.20 Å². The Morgan fingerprint density at radius 1 is 1.24 bits per heavy atom. The molecule has 1 aromatic rings. The zero-order valence-corrected chi connectivity index (χ0v) is 15.6. The molecule has 134 valence electrons. The smallest absolute Gasteiger partial charge is 0.263 e. The van der Waals surface area contributed by atoms with Gasteiger partial charge in [0.2, 0.25) is 0 Å². The summed E-state index contributed by atoms with van der Waals surface area (Å²) >= 11 is 0. The molecule has 0 heterocycles. The lowest BCUT2D eigenvalue weighted by Crippen LogP contribution is -2.30.